The van der Waals surface area contributed by atoms with Gasteiger partial charge in [0, 0.05) is 18.2 Å². The summed E-state index contributed by atoms with van der Waals surface area (Å²) in [5, 5.41) is 16.5. The summed E-state index contributed by atoms with van der Waals surface area (Å²) in [4.78, 5) is 41.6. The number of nitrogens with zero attached hydrogens (tertiary/aromatic N) is 1. The third-order valence-electron chi connectivity index (χ3n) is 5.74. The van der Waals surface area contributed by atoms with Crippen LogP contribution in [-0.2, 0) is 14.3 Å². The van der Waals surface area contributed by atoms with Crippen LogP contribution in [0.2, 0.25) is 0 Å². The summed E-state index contributed by atoms with van der Waals surface area (Å²) in [7, 11) is 0. The molecule has 0 spiro atoms. The van der Waals surface area contributed by atoms with Crippen molar-refractivity contribution < 1.29 is 24.2 Å². The number of carbonyl (C=O) groups is 3. The number of phenols is 1. The Morgan fingerprint density at radius 1 is 1.09 bits per heavy atom. The van der Waals surface area contributed by atoms with E-state index in [2.05, 4.69) is 10.6 Å². The minimum Gasteiger partial charge on any atom is -0.507 e. The largest absolute Gasteiger partial charge is 0.507 e. The number of alkyl carbamates (subject to hydrolysis) is 1. The minimum atomic E-state index is -1.05. The van der Waals surface area contributed by atoms with Gasteiger partial charge in [0.25, 0.3) is 0 Å². The molecule has 0 aliphatic rings. The lowest BCUT2D eigenvalue weighted by molar-refractivity contribution is -0.143. The predicted molar refractivity (Wildman–Crippen MR) is 138 cm³/mol. The Morgan fingerprint density at radius 3 is 2.23 bits per heavy atom. The van der Waals surface area contributed by atoms with Gasteiger partial charge in [0.2, 0.25) is 11.8 Å². The van der Waals surface area contributed by atoms with Gasteiger partial charge in [-0.1, -0.05) is 51.8 Å². The van der Waals surface area contributed by atoms with Crippen molar-refractivity contribution in [1.29, 1.82) is 0 Å². The second-order valence-electron chi connectivity index (χ2n) is 10.5. The third kappa shape index (κ3) is 9.07. The Bertz CT molecular complexity index is 863. The lowest BCUT2D eigenvalue weighted by Gasteiger charge is -2.36. The Hall–Kier alpha value is -2.77. The molecule has 0 saturated carbocycles. The molecule has 3 unspecified atom stereocenters. The molecule has 35 heavy (non-hydrogen) atoms. The van der Waals surface area contributed by atoms with Crippen molar-refractivity contribution >= 4 is 17.9 Å². The van der Waals surface area contributed by atoms with E-state index in [1.54, 1.807) is 45.9 Å². The normalized spacial score (nSPS) is 14.1. The Balaban J connectivity index is 3.57. The van der Waals surface area contributed by atoms with Crippen LogP contribution in [0.25, 0.3) is 0 Å². The van der Waals surface area contributed by atoms with Crippen molar-refractivity contribution in [3.63, 3.8) is 0 Å². The molecule has 0 aromatic heterocycles. The summed E-state index contributed by atoms with van der Waals surface area (Å²) in [6.07, 6.45) is 1.40. The summed E-state index contributed by atoms with van der Waals surface area (Å²) in [6, 6.07) is 3.06. The topological polar surface area (TPSA) is 108 Å². The van der Waals surface area contributed by atoms with Gasteiger partial charge in [-0.3, -0.25) is 9.59 Å². The fourth-order valence-corrected chi connectivity index (χ4v) is 3.71. The monoisotopic (exact) mass is 491 g/mol. The second-order valence-corrected chi connectivity index (χ2v) is 10.5. The number of amides is 3. The molecule has 1 aromatic carbocycles. The van der Waals surface area contributed by atoms with Crippen molar-refractivity contribution in [2.75, 3.05) is 6.54 Å². The zero-order valence-corrected chi connectivity index (χ0v) is 22.9. The summed E-state index contributed by atoms with van der Waals surface area (Å²) < 4.78 is 5.41. The van der Waals surface area contributed by atoms with Crippen LogP contribution >= 0.6 is 0 Å². The molecule has 3 N–H and O–H groups in total. The van der Waals surface area contributed by atoms with Gasteiger partial charge < -0.3 is 25.4 Å². The highest BCUT2D eigenvalue weighted by atomic mass is 16.6. The highest BCUT2D eigenvalue weighted by Crippen LogP contribution is 2.33. The van der Waals surface area contributed by atoms with Gasteiger partial charge in [-0.25, -0.2) is 4.79 Å². The average Bonchev–Trinajstić information content (AvgIpc) is 2.74. The SMILES string of the molecule is CCCCN(C(=O)C(NC(=O)OC(C)(C)C)C(C)CC)C(C(=O)NC(C)C)c1cccc(C)c1O. The smallest absolute Gasteiger partial charge is 0.408 e. The molecule has 0 heterocycles. The van der Waals surface area contributed by atoms with Crippen molar-refractivity contribution in [1.82, 2.24) is 15.5 Å². The first-order chi connectivity index (χ1) is 16.2. The molecule has 0 aliphatic heterocycles. The van der Waals surface area contributed by atoms with Crippen LogP contribution in [0.4, 0.5) is 4.79 Å². The van der Waals surface area contributed by atoms with Crippen LogP contribution in [-0.4, -0.2) is 52.1 Å². The summed E-state index contributed by atoms with van der Waals surface area (Å²) >= 11 is 0. The molecule has 1 rings (SSSR count). The summed E-state index contributed by atoms with van der Waals surface area (Å²) in [6.45, 7) is 16.8. The molecule has 0 aliphatic carbocycles. The molecule has 8 heteroatoms. The first-order valence-corrected chi connectivity index (χ1v) is 12.6. The minimum absolute atomic E-state index is 0.0223. The lowest BCUT2D eigenvalue weighted by Crippen LogP contribution is -2.55. The average molecular weight is 492 g/mol. The van der Waals surface area contributed by atoms with Crippen molar-refractivity contribution in [2.24, 2.45) is 5.92 Å². The van der Waals surface area contributed by atoms with Gasteiger partial charge in [0.05, 0.1) is 0 Å². The van der Waals surface area contributed by atoms with Gasteiger partial charge in [-0.05, 0) is 59.4 Å². The van der Waals surface area contributed by atoms with Crippen molar-refractivity contribution in [2.45, 2.75) is 105 Å². The van der Waals surface area contributed by atoms with E-state index < -0.39 is 23.8 Å². The first kappa shape index (κ1) is 30.3. The summed E-state index contributed by atoms with van der Waals surface area (Å²) in [5.41, 5.74) is 0.244. The van der Waals surface area contributed by atoms with Crippen LogP contribution in [0, 0.1) is 12.8 Å². The van der Waals surface area contributed by atoms with E-state index >= 15 is 0 Å². The molecular weight excluding hydrogens is 446 g/mol. The first-order valence-electron chi connectivity index (χ1n) is 12.6. The van der Waals surface area contributed by atoms with E-state index in [0.29, 0.717) is 30.5 Å². The van der Waals surface area contributed by atoms with Gasteiger partial charge in [0.1, 0.15) is 23.4 Å². The molecular formula is C27H45N3O5. The maximum absolute atomic E-state index is 14.0. The van der Waals surface area contributed by atoms with Crippen LogP contribution in [0.3, 0.4) is 0 Å². The van der Waals surface area contributed by atoms with Crippen molar-refractivity contribution in [3.05, 3.63) is 29.3 Å². The fourth-order valence-electron chi connectivity index (χ4n) is 3.71. The molecule has 3 atom stereocenters. The van der Waals surface area contributed by atoms with Gasteiger partial charge >= 0.3 is 6.09 Å². The number of ether oxygens (including phenoxy) is 1. The van der Waals surface area contributed by atoms with Crippen LogP contribution in [0.1, 0.15) is 91.8 Å². The molecule has 0 fully saturated rings. The number of benzene rings is 1. The van der Waals surface area contributed by atoms with E-state index in [1.165, 1.54) is 4.90 Å². The number of aromatic hydroxyl groups is 1. The molecule has 8 nitrogen and oxygen atoms in total. The van der Waals surface area contributed by atoms with Gasteiger partial charge in [-0.2, -0.15) is 0 Å². The van der Waals surface area contributed by atoms with Crippen LogP contribution in [0.5, 0.6) is 5.75 Å². The number of aryl methyl sites for hydroxylation is 1. The molecule has 0 bridgehead atoms. The van der Waals surface area contributed by atoms with E-state index in [0.717, 1.165) is 6.42 Å². The maximum atomic E-state index is 14.0. The zero-order chi connectivity index (χ0) is 26.9. The predicted octanol–water partition coefficient (Wildman–Crippen LogP) is 4.83. The molecule has 0 saturated heterocycles. The van der Waals surface area contributed by atoms with E-state index in [-0.39, 0.29) is 29.5 Å². The molecule has 198 valence electrons. The number of phenolic OH excluding ortho intramolecular Hbond substituents is 1. The van der Waals surface area contributed by atoms with Gasteiger partial charge in [-0.15, -0.1) is 0 Å². The second kappa shape index (κ2) is 13.4. The highest BCUT2D eigenvalue weighted by molar-refractivity contribution is 5.92. The number of nitrogens with one attached hydrogen (secondary N) is 2. The quantitative estimate of drug-likeness (QED) is 0.411. The number of rotatable bonds is 11. The fraction of sp³-hybridized carbons (Fsp3) is 0.667. The van der Waals surface area contributed by atoms with Crippen LogP contribution in [0.15, 0.2) is 18.2 Å². The molecule has 1 aromatic rings. The van der Waals surface area contributed by atoms with Crippen molar-refractivity contribution in [3.8, 4) is 5.75 Å². The van der Waals surface area contributed by atoms with Gasteiger partial charge in [0.15, 0.2) is 0 Å². The number of para-hydroxylation sites is 1. The molecule has 3 amide bonds. The Kier molecular flexibility index (Phi) is 11.5. The lowest BCUT2D eigenvalue weighted by atomic mass is 9.94. The number of hydrogen-bond acceptors (Lipinski definition) is 5. The Morgan fingerprint density at radius 2 is 1.71 bits per heavy atom. The third-order valence-corrected chi connectivity index (χ3v) is 5.74. The number of hydrogen-bond donors (Lipinski definition) is 3. The molecule has 0 radical (unpaired) electrons. The zero-order valence-electron chi connectivity index (χ0n) is 22.9. The Labute approximate surface area is 210 Å². The van der Waals surface area contributed by atoms with E-state index in [1.807, 2.05) is 34.6 Å². The number of carbonyl (C=O) groups excluding carboxylic acids is 3. The highest BCUT2D eigenvalue weighted by Gasteiger charge is 2.39. The summed E-state index contributed by atoms with van der Waals surface area (Å²) in [5.74, 6) is -1.00. The number of unbranched alkanes of at least 4 members (excludes halogenated alkanes) is 1. The van der Waals surface area contributed by atoms with E-state index in [9.17, 15) is 19.5 Å². The maximum Gasteiger partial charge on any atom is 0.408 e. The standard InChI is InChI=1S/C27H45N3O5/c1-10-12-16-30(25(33)21(18(5)11-2)29-26(34)35-27(7,8)9)22(24(32)28-17(3)4)20-15-13-14-19(6)23(20)31/h13-15,17-18,21-22,31H,10-12,16H2,1-9H3,(H,28,32)(H,29,34). The van der Waals surface area contributed by atoms with E-state index in [4.69, 9.17) is 4.74 Å². The van der Waals surface area contributed by atoms with Crippen LogP contribution < -0.4 is 10.6 Å².